The summed E-state index contributed by atoms with van der Waals surface area (Å²) in [5.41, 5.74) is 0.321. The second kappa shape index (κ2) is 6.67. The second-order valence-electron chi connectivity index (χ2n) is 5.60. The fourth-order valence-electron chi connectivity index (χ4n) is 1.76. The van der Waals surface area contributed by atoms with E-state index in [1.165, 1.54) is 14.2 Å². The number of anilines is 1. The van der Waals surface area contributed by atoms with Crippen LogP contribution in [0.2, 0.25) is 0 Å². The largest absolute Gasteiger partial charge is 0.493 e. The molecule has 0 aliphatic heterocycles. The Balaban J connectivity index is 3.12. The van der Waals surface area contributed by atoms with Gasteiger partial charge in [0, 0.05) is 11.6 Å². The third kappa shape index (κ3) is 4.82. The van der Waals surface area contributed by atoms with Gasteiger partial charge in [0.05, 0.1) is 26.0 Å². The van der Waals surface area contributed by atoms with E-state index < -0.39 is 17.8 Å². The van der Waals surface area contributed by atoms with Crippen LogP contribution >= 0.6 is 0 Å². The highest BCUT2D eigenvalue weighted by Crippen LogP contribution is 2.36. The molecule has 1 aromatic rings. The maximum absolute atomic E-state index is 11.9. The van der Waals surface area contributed by atoms with Crippen molar-refractivity contribution in [2.75, 3.05) is 19.5 Å². The van der Waals surface area contributed by atoms with Crippen molar-refractivity contribution in [3.8, 4) is 11.5 Å². The summed E-state index contributed by atoms with van der Waals surface area (Å²) in [5.74, 6) is 0.927. The molecule has 1 rings (SSSR count). The van der Waals surface area contributed by atoms with Crippen LogP contribution in [0.25, 0.3) is 0 Å². The van der Waals surface area contributed by atoms with Crippen molar-refractivity contribution in [2.45, 2.75) is 39.4 Å². The molecule has 0 aliphatic carbocycles. The summed E-state index contributed by atoms with van der Waals surface area (Å²) in [6, 6.07) is 3.21. The van der Waals surface area contributed by atoms with Crippen molar-refractivity contribution < 1.29 is 24.1 Å². The minimum absolute atomic E-state index is 0.414. The van der Waals surface area contributed by atoms with Crippen molar-refractivity contribution in [3.05, 3.63) is 17.7 Å². The minimum Gasteiger partial charge on any atom is -0.493 e. The van der Waals surface area contributed by atoms with Crippen molar-refractivity contribution in [1.29, 1.82) is 0 Å². The summed E-state index contributed by atoms with van der Waals surface area (Å²) < 4.78 is 15.6. The van der Waals surface area contributed by atoms with Crippen LogP contribution < -0.4 is 14.8 Å². The van der Waals surface area contributed by atoms with E-state index in [0.29, 0.717) is 22.7 Å². The number of carbonyl (C=O) groups is 1. The summed E-state index contributed by atoms with van der Waals surface area (Å²) in [6.45, 7) is 6.92. The first-order valence-electron chi connectivity index (χ1n) is 6.62. The molecule has 1 atom stereocenters. The minimum atomic E-state index is -0.783. The second-order valence-corrected chi connectivity index (χ2v) is 5.60. The highest BCUT2D eigenvalue weighted by atomic mass is 16.6. The third-order valence-corrected chi connectivity index (χ3v) is 2.64. The van der Waals surface area contributed by atoms with Crippen molar-refractivity contribution in [2.24, 2.45) is 0 Å². The molecular weight excluding hydrogens is 274 g/mol. The van der Waals surface area contributed by atoms with Crippen LogP contribution in [-0.4, -0.2) is 31.0 Å². The summed E-state index contributed by atoms with van der Waals surface area (Å²) in [4.78, 5) is 11.9. The lowest BCUT2D eigenvalue weighted by atomic mass is 10.1. The monoisotopic (exact) mass is 297 g/mol. The SMILES string of the molecule is COc1cc(NC(=O)OC(C)(C)C)c([C@H](C)O)cc1OC. The van der Waals surface area contributed by atoms with E-state index in [2.05, 4.69) is 5.32 Å². The smallest absolute Gasteiger partial charge is 0.412 e. The normalized spacial score (nSPS) is 12.5. The average Bonchev–Trinajstić information content (AvgIpc) is 2.35. The molecule has 0 spiro atoms. The molecule has 6 nitrogen and oxygen atoms in total. The van der Waals surface area contributed by atoms with E-state index in [0.717, 1.165) is 0 Å². The van der Waals surface area contributed by atoms with Gasteiger partial charge in [0.1, 0.15) is 5.60 Å². The molecule has 0 aromatic heterocycles. The van der Waals surface area contributed by atoms with Gasteiger partial charge in [-0.15, -0.1) is 0 Å². The van der Waals surface area contributed by atoms with Gasteiger partial charge in [-0.2, -0.15) is 0 Å². The molecule has 6 heteroatoms. The van der Waals surface area contributed by atoms with Gasteiger partial charge in [-0.1, -0.05) is 0 Å². The number of hydrogen-bond donors (Lipinski definition) is 2. The standard InChI is InChI=1S/C15H23NO5/c1-9(17)10-7-12(19-5)13(20-6)8-11(10)16-14(18)21-15(2,3)4/h7-9,17H,1-6H3,(H,16,18)/t9-/m0/s1. The van der Waals surface area contributed by atoms with Gasteiger partial charge >= 0.3 is 6.09 Å². The number of aliphatic hydroxyl groups excluding tert-OH is 1. The average molecular weight is 297 g/mol. The first kappa shape index (κ1) is 17.1. The molecule has 118 valence electrons. The van der Waals surface area contributed by atoms with Gasteiger partial charge in [-0.3, -0.25) is 5.32 Å². The van der Waals surface area contributed by atoms with Crippen LogP contribution in [0, 0.1) is 0 Å². The summed E-state index contributed by atoms with van der Waals surface area (Å²) in [7, 11) is 3.00. The van der Waals surface area contributed by atoms with E-state index >= 15 is 0 Å². The molecule has 0 unspecified atom stereocenters. The third-order valence-electron chi connectivity index (χ3n) is 2.64. The first-order chi connectivity index (χ1) is 9.67. The van der Waals surface area contributed by atoms with Gasteiger partial charge in [-0.25, -0.2) is 4.79 Å². The Morgan fingerprint density at radius 3 is 2.14 bits per heavy atom. The van der Waals surface area contributed by atoms with Gasteiger partial charge < -0.3 is 19.3 Å². The number of amides is 1. The first-order valence-corrected chi connectivity index (χ1v) is 6.62. The van der Waals surface area contributed by atoms with Crippen LogP contribution in [0.3, 0.4) is 0 Å². The van der Waals surface area contributed by atoms with E-state index in [-0.39, 0.29) is 0 Å². The van der Waals surface area contributed by atoms with Crippen LogP contribution in [0.15, 0.2) is 12.1 Å². The lowest BCUT2D eigenvalue weighted by molar-refractivity contribution is 0.0635. The topological polar surface area (TPSA) is 77.0 Å². The number of ether oxygens (including phenoxy) is 3. The number of aliphatic hydroxyl groups is 1. The highest BCUT2D eigenvalue weighted by molar-refractivity contribution is 5.87. The fraction of sp³-hybridized carbons (Fsp3) is 0.533. The number of carbonyl (C=O) groups excluding carboxylic acids is 1. The Morgan fingerprint density at radius 1 is 1.19 bits per heavy atom. The summed E-state index contributed by atoms with van der Waals surface area (Å²) in [5, 5.41) is 12.5. The molecule has 1 amide bonds. The van der Waals surface area contributed by atoms with Gasteiger partial charge in [0.15, 0.2) is 11.5 Å². The molecule has 0 radical (unpaired) electrons. The highest BCUT2D eigenvalue weighted by Gasteiger charge is 2.20. The summed E-state index contributed by atoms with van der Waals surface area (Å²) in [6.07, 6.45) is -1.38. The zero-order valence-corrected chi connectivity index (χ0v) is 13.3. The molecule has 0 heterocycles. The number of benzene rings is 1. The predicted octanol–water partition coefficient (Wildman–Crippen LogP) is 3.10. The molecule has 21 heavy (non-hydrogen) atoms. The lowest BCUT2D eigenvalue weighted by Gasteiger charge is -2.21. The molecule has 0 fully saturated rings. The fourth-order valence-corrected chi connectivity index (χ4v) is 1.76. The van der Waals surface area contributed by atoms with E-state index in [9.17, 15) is 9.90 Å². The van der Waals surface area contributed by atoms with E-state index in [1.54, 1.807) is 39.8 Å². The zero-order valence-electron chi connectivity index (χ0n) is 13.3. The Kier molecular flexibility index (Phi) is 5.43. The Labute approximate surface area is 125 Å². The Bertz CT molecular complexity index is 506. The van der Waals surface area contributed by atoms with Crippen molar-refractivity contribution >= 4 is 11.8 Å². The van der Waals surface area contributed by atoms with Crippen molar-refractivity contribution in [3.63, 3.8) is 0 Å². The number of rotatable bonds is 4. The van der Waals surface area contributed by atoms with Gasteiger partial charge in [-0.05, 0) is 33.8 Å². The molecule has 0 aliphatic rings. The van der Waals surface area contributed by atoms with E-state index in [4.69, 9.17) is 14.2 Å². The Morgan fingerprint density at radius 2 is 1.71 bits per heavy atom. The number of hydrogen-bond acceptors (Lipinski definition) is 5. The lowest BCUT2D eigenvalue weighted by Crippen LogP contribution is -2.27. The van der Waals surface area contributed by atoms with Crippen LogP contribution in [-0.2, 0) is 4.74 Å². The maximum atomic E-state index is 11.9. The van der Waals surface area contributed by atoms with Gasteiger partial charge in [0.2, 0.25) is 0 Å². The molecule has 1 aromatic carbocycles. The van der Waals surface area contributed by atoms with Crippen LogP contribution in [0.1, 0.15) is 39.4 Å². The van der Waals surface area contributed by atoms with Crippen molar-refractivity contribution in [1.82, 2.24) is 0 Å². The molecule has 2 N–H and O–H groups in total. The molecule has 0 saturated carbocycles. The zero-order chi connectivity index (χ0) is 16.2. The number of methoxy groups -OCH3 is 2. The van der Waals surface area contributed by atoms with E-state index in [1.807, 2.05) is 0 Å². The van der Waals surface area contributed by atoms with Crippen LogP contribution in [0.4, 0.5) is 10.5 Å². The molecule has 0 saturated heterocycles. The number of nitrogens with one attached hydrogen (secondary N) is 1. The predicted molar refractivity (Wildman–Crippen MR) is 80.0 cm³/mol. The molecule has 0 bridgehead atoms. The van der Waals surface area contributed by atoms with Gasteiger partial charge in [0.25, 0.3) is 0 Å². The summed E-state index contributed by atoms with van der Waals surface area (Å²) >= 11 is 0. The molecular formula is C15H23NO5. The Hall–Kier alpha value is -1.95. The quantitative estimate of drug-likeness (QED) is 0.893. The maximum Gasteiger partial charge on any atom is 0.412 e. The van der Waals surface area contributed by atoms with Crippen LogP contribution in [0.5, 0.6) is 11.5 Å².